The highest BCUT2D eigenvalue weighted by Gasteiger charge is 2.21. The summed E-state index contributed by atoms with van der Waals surface area (Å²) in [7, 11) is 0. The van der Waals surface area contributed by atoms with E-state index < -0.39 is 0 Å². The summed E-state index contributed by atoms with van der Waals surface area (Å²) in [5, 5.41) is 3.50. The molecule has 0 aromatic heterocycles. The lowest BCUT2D eigenvalue weighted by Crippen LogP contribution is -2.35. The minimum absolute atomic E-state index is 0.116. The molecule has 1 fully saturated rings. The van der Waals surface area contributed by atoms with Crippen LogP contribution < -0.4 is 14.8 Å². The number of benzene rings is 1. The molecule has 2 rings (SSSR count). The predicted octanol–water partition coefficient (Wildman–Crippen LogP) is 4.15. The Hall–Kier alpha value is -1.22. The zero-order chi connectivity index (χ0) is 15.3. The molecule has 0 heterocycles. The fraction of sp³-hybridized carbons (Fsp3) is 0.667. The second-order valence-corrected chi connectivity index (χ2v) is 6.90. The van der Waals surface area contributed by atoms with Crippen LogP contribution in [0.2, 0.25) is 0 Å². The zero-order valence-electron chi connectivity index (χ0n) is 13.9. The molecule has 0 unspecified atom stereocenters. The van der Waals surface area contributed by atoms with E-state index in [1.807, 2.05) is 13.0 Å². The van der Waals surface area contributed by atoms with Crippen molar-refractivity contribution in [1.29, 1.82) is 0 Å². The van der Waals surface area contributed by atoms with Crippen LogP contribution in [0.5, 0.6) is 11.5 Å². The van der Waals surface area contributed by atoms with Gasteiger partial charge in [0.25, 0.3) is 0 Å². The summed E-state index contributed by atoms with van der Waals surface area (Å²) in [6, 6.07) is 6.25. The first-order valence-corrected chi connectivity index (χ1v) is 8.11. The Bertz CT molecular complexity index is 447. The summed E-state index contributed by atoms with van der Waals surface area (Å²) in [5.41, 5.74) is 1.34. The molecule has 0 spiro atoms. The highest BCUT2D eigenvalue weighted by molar-refractivity contribution is 5.43. The van der Waals surface area contributed by atoms with Crippen LogP contribution in [-0.4, -0.2) is 18.8 Å². The average molecular weight is 291 g/mol. The summed E-state index contributed by atoms with van der Waals surface area (Å²) in [5.74, 6) is 2.63. The summed E-state index contributed by atoms with van der Waals surface area (Å²) >= 11 is 0. The molecule has 1 aromatic carbocycles. The maximum atomic E-state index is 5.90. The van der Waals surface area contributed by atoms with Crippen LogP contribution in [0.4, 0.5) is 0 Å². The van der Waals surface area contributed by atoms with Gasteiger partial charge in [-0.3, -0.25) is 0 Å². The second-order valence-electron chi connectivity index (χ2n) is 6.90. The van der Waals surface area contributed by atoms with E-state index in [-0.39, 0.29) is 5.54 Å². The Morgan fingerprint density at radius 3 is 2.52 bits per heavy atom. The highest BCUT2D eigenvalue weighted by Crippen LogP contribution is 2.33. The third-order valence-electron chi connectivity index (χ3n) is 3.61. The van der Waals surface area contributed by atoms with E-state index >= 15 is 0 Å². The Labute approximate surface area is 129 Å². The van der Waals surface area contributed by atoms with Gasteiger partial charge in [0.2, 0.25) is 0 Å². The van der Waals surface area contributed by atoms with Crippen LogP contribution in [0.1, 0.15) is 52.5 Å². The van der Waals surface area contributed by atoms with Crippen LogP contribution in [0.3, 0.4) is 0 Å². The third kappa shape index (κ3) is 5.96. The van der Waals surface area contributed by atoms with Gasteiger partial charge in [-0.15, -0.1) is 0 Å². The van der Waals surface area contributed by atoms with E-state index in [1.54, 1.807) is 0 Å². The number of ether oxygens (including phenoxy) is 2. The molecule has 1 aliphatic rings. The van der Waals surface area contributed by atoms with Crippen molar-refractivity contribution in [3.05, 3.63) is 23.8 Å². The van der Waals surface area contributed by atoms with Gasteiger partial charge in [-0.05, 0) is 57.7 Å². The van der Waals surface area contributed by atoms with E-state index in [0.717, 1.165) is 30.6 Å². The normalized spacial score (nSPS) is 15.0. The standard InChI is InChI=1S/C18H29NO2/c1-5-20-17-12-15(13-19-18(2,3)4)8-9-16(17)21-11-10-14-6-7-14/h8-9,12,14,19H,5-7,10-11,13H2,1-4H3. The Morgan fingerprint density at radius 2 is 1.90 bits per heavy atom. The SMILES string of the molecule is CCOc1cc(CNC(C)(C)C)ccc1OCCC1CC1. The molecule has 3 heteroatoms. The molecule has 1 aromatic rings. The van der Waals surface area contributed by atoms with E-state index in [2.05, 4.69) is 38.2 Å². The number of hydrogen-bond donors (Lipinski definition) is 1. The van der Waals surface area contributed by atoms with Crippen molar-refractivity contribution >= 4 is 0 Å². The van der Waals surface area contributed by atoms with Gasteiger partial charge in [0, 0.05) is 12.1 Å². The quantitative estimate of drug-likeness (QED) is 0.780. The number of hydrogen-bond acceptors (Lipinski definition) is 3. The largest absolute Gasteiger partial charge is 0.490 e. The van der Waals surface area contributed by atoms with E-state index in [9.17, 15) is 0 Å². The van der Waals surface area contributed by atoms with Gasteiger partial charge in [0.1, 0.15) is 0 Å². The van der Waals surface area contributed by atoms with E-state index in [1.165, 1.54) is 24.8 Å². The molecule has 118 valence electrons. The first-order valence-electron chi connectivity index (χ1n) is 8.11. The number of nitrogens with one attached hydrogen (secondary N) is 1. The zero-order valence-corrected chi connectivity index (χ0v) is 13.9. The molecule has 1 N–H and O–H groups in total. The van der Waals surface area contributed by atoms with E-state index in [4.69, 9.17) is 9.47 Å². The van der Waals surface area contributed by atoms with Crippen molar-refractivity contribution in [1.82, 2.24) is 5.32 Å². The summed E-state index contributed by atoms with van der Waals surface area (Å²) < 4.78 is 11.6. The first kappa shape index (κ1) is 16.2. The lowest BCUT2D eigenvalue weighted by atomic mass is 10.1. The Morgan fingerprint density at radius 1 is 1.14 bits per heavy atom. The van der Waals surface area contributed by atoms with Crippen LogP contribution >= 0.6 is 0 Å². The molecule has 0 saturated heterocycles. The molecule has 0 aliphatic heterocycles. The second kappa shape index (κ2) is 7.17. The summed E-state index contributed by atoms with van der Waals surface area (Å²) in [6.45, 7) is 10.8. The molecule has 0 radical (unpaired) electrons. The van der Waals surface area contributed by atoms with E-state index in [0.29, 0.717) is 6.61 Å². The first-order chi connectivity index (χ1) is 9.98. The molecule has 1 aliphatic carbocycles. The minimum atomic E-state index is 0.116. The molecule has 0 bridgehead atoms. The van der Waals surface area contributed by atoms with Crippen LogP contribution in [0, 0.1) is 5.92 Å². The van der Waals surface area contributed by atoms with Gasteiger partial charge in [0.15, 0.2) is 11.5 Å². The molecular weight excluding hydrogens is 262 g/mol. The maximum absolute atomic E-state index is 5.90. The monoisotopic (exact) mass is 291 g/mol. The van der Waals surface area contributed by atoms with Gasteiger partial charge in [-0.1, -0.05) is 18.9 Å². The van der Waals surface area contributed by atoms with Crippen LogP contribution in [-0.2, 0) is 6.54 Å². The Balaban J connectivity index is 1.95. The highest BCUT2D eigenvalue weighted by atomic mass is 16.5. The van der Waals surface area contributed by atoms with Crippen LogP contribution in [0.25, 0.3) is 0 Å². The van der Waals surface area contributed by atoms with Crippen molar-refractivity contribution < 1.29 is 9.47 Å². The van der Waals surface area contributed by atoms with Gasteiger partial charge in [-0.2, -0.15) is 0 Å². The number of rotatable bonds is 8. The summed E-state index contributed by atoms with van der Waals surface area (Å²) in [6.07, 6.45) is 3.91. The van der Waals surface area contributed by atoms with Gasteiger partial charge >= 0.3 is 0 Å². The Kier molecular flexibility index (Phi) is 5.51. The fourth-order valence-corrected chi connectivity index (χ4v) is 2.16. The van der Waals surface area contributed by atoms with Crippen molar-refractivity contribution in [2.45, 2.75) is 59.0 Å². The van der Waals surface area contributed by atoms with Gasteiger partial charge < -0.3 is 14.8 Å². The fourth-order valence-electron chi connectivity index (χ4n) is 2.16. The van der Waals surface area contributed by atoms with Gasteiger partial charge in [0.05, 0.1) is 13.2 Å². The minimum Gasteiger partial charge on any atom is -0.490 e. The smallest absolute Gasteiger partial charge is 0.161 e. The topological polar surface area (TPSA) is 30.5 Å². The molecule has 0 atom stereocenters. The maximum Gasteiger partial charge on any atom is 0.161 e. The lowest BCUT2D eigenvalue weighted by molar-refractivity contribution is 0.268. The van der Waals surface area contributed by atoms with Crippen molar-refractivity contribution in [2.24, 2.45) is 5.92 Å². The van der Waals surface area contributed by atoms with Gasteiger partial charge in [-0.25, -0.2) is 0 Å². The molecule has 3 nitrogen and oxygen atoms in total. The van der Waals surface area contributed by atoms with Crippen molar-refractivity contribution in [3.63, 3.8) is 0 Å². The molecular formula is C18H29NO2. The molecule has 21 heavy (non-hydrogen) atoms. The van der Waals surface area contributed by atoms with Crippen molar-refractivity contribution in [3.8, 4) is 11.5 Å². The molecule has 0 amide bonds. The lowest BCUT2D eigenvalue weighted by Gasteiger charge is -2.21. The summed E-state index contributed by atoms with van der Waals surface area (Å²) in [4.78, 5) is 0. The average Bonchev–Trinajstić information content (AvgIpc) is 3.22. The molecule has 1 saturated carbocycles. The predicted molar refractivity (Wildman–Crippen MR) is 87.0 cm³/mol. The van der Waals surface area contributed by atoms with Crippen LogP contribution in [0.15, 0.2) is 18.2 Å². The van der Waals surface area contributed by atoms with Crippen molar-refractivity contribution in [2.75, 3.05) is 13.2 Å². The third-order valence-corrected chi connectivity index (χ3v) is 3.61.